The van der Waals surface area contributed by atoms with Crippen LogP contribution in [0.25, 0.3) is 0 Å². The van der Waals surface area contributed by atoms with Crippen molar-refractivity contribution in [3.8, 4) is 11.5 Å². The zero-order valence-corrected chi connectivity index (χ0v) is 14.0. The van der Waals surface area contributed by atoms with Gasteiger partial charge in [-0.3, -0.25) is 0 Å². The van der Waals surface area contributed by atoms with E-state index in [0.29, 0.717) is 16.5 Å². The van der Waals surface area contributed by atoms with E-state index in [4.69, 9.17) is 21.1 Å². The largest absolute Gasteiger partial charge is 0.481 e. The van der Waals surface area contributed by atoms with E-state index >= 15 is 0 Å². The molecule has 0 aliphatic heterocycles. The summed E-state index contributed by atoms with van der Waals surface area (Å²) in [5.74, 6) is 0.356. The van der Waals surface area contributed by atoms with Crippen molar-refractivity contribution >= 4 is 49.4 Å². The van der Waals surface area contributed by atoms with Gasteiger partial charge in [0.2, 0.25) is 0 Å². The number of halogens is 3. The van der Waals surface area contributed by atoms with Crippen LogP contribution in [0.1, 0.15) is 0 Å². The van der Waals surface area contributed by atoms with Gasteiger partial charge in [0, 0.05) is 4.47 Å². The summed E-state index contributed by atoms with van der Waals surface area (Å²) in [7, 11) is 0. The van der Waals surface area contributed by atoms with Crippen LogP contribution in [0.2, 0.25) is 5.02 Å². The fraction of sp³-hybridized carbons (Fsp3) is 0.0714. The maximum Gasteiger partial charge on any atom is 0.349 e. The minimum absolute atomic E-state index is 0.203. The normalized spacial score (nSPS) is 10.2. The number of ether oxygens (including phenoxy) is 2. The lowest BCUT2D eigenvalue weighted by molar-refractivity contribution is -0.136. The van der Waals surface area contributed by atoms with Crippen molar-refractivity contribution in [3.05, 3.63) is 56.4 Å². The molecule has 0 spiro atoms. The standard InChI is InChI=1S/C14H9Br2ClO3/c15-9-5-6-12(10(16)7-9)19-8-14(18)20-13-4-2-1-3-11(13)17/h1-7H,8H2. The quantitative estimate of drug-likeness (QED) is 0.524. The topological polar surface area (TPSA) is 35.5 Å². The van der Waals surface area contributed by atoms with Gasteiger partial charge in [0.15, 0.2) is 6.61 Å². The molecule has 0 aromatic heterocycles. The molecule has 0 radical (unpaired) electrons. The molecular weight excluding hydrogens is 411 g/mol. The summed E-state index contributed by atoms with van der Waals surface area (Å²) in [6, 6.07) is 12.2. The molecule has 0 heterocycles. The van der Waals surface area contributed by atoms with Crippen LogP contribution in [0.3, 0.4) is 0 Å². The highest BCUT2D eigenvalue weighted by molar-refractivity contribution is 9.11. The number of rotatable bonds is 4. The van der Waals surface area contributed by atoms with E-state index in [1.54, 1.807) is 30.3 Å². The number of para-hydroxylation sites is 1. The second kappa shape index (κ2) is 7.11. The number of hydrogen-bond acceptors (Lipinski definition) is 3. The maximum absolute atomic E-state index is 11.7. The highest BCUT2D eigenvalue weighted by Crippen LogP contribution is 2.28. The molecular formula is C14H9Br2ClO3. The van der Waals surface area contributed by atoms with Crippen molar-refractivity contribution in [2.45, 2.75) is 0 Å². The highest BCUT2D eigenvalue weighted by atomic mass is 79.9. The van der Waals surface area contributed by atoms with Gasteiger partial charge in [0.25, 0.3) is 0 Å². The summed E-state index contributed by atoms with van der Waals surface area (Å²) < 4.78 is 12.2. The molecule has 20 heavy (non-hydrogen) atoms. The number of benzene rings is 2. The fourth-order valence-corrected chi connectivity index (χ4v) is 2.74. The molecule has 0 aliphatic rings. The second-order valence-electron chi connectivity index (χ2n) is 3.77. The van der Waals surface area contributed by atoms with Gasteiger partial charge in [-0.05, 0) is 46.3 Å². The van der Waals surface area contributed by atoms with E-state index in [1.165, 1.54) is 0 Å². The summed E-state index contributed by atoms with van der Waals surface area (Å²) in [4.78, 5) is 11.7. The Hall–Kier alpha value is -1.04. The first-order chi connectivity index (χ1) is 9.56. The molecule has 3 nitrogen and oxygen atoms in total. The molecule has 0 aliphatic carbocycles. The van der Waals surface area contributed by atoms with Crippen LogP contribution < -0.4 is 9.47 Å². The Labute approximate surface area is 138 Å². The van der Waals surface area contributed by atoms with Gasteiger partial charge >= 0.3 is 5.97 Å². The van der Waals surface area contributed by atoms with Crippen LogP contribution >= 0.6 is 43.5 Å². The molecule has 0 saturated heterocycles. The molecule has 6 heteroatoms. The van der Waals surface area contributed by atoms with Crippen molar-refractivity contribution in [3.63, 3.8) is 0 Å². The summed E-state index contributed by atoms with van der Waals surface area (Å²) >= 11 is 12.6. The maximum atomic E-state index is 11.7. The molecule has 0 N–H and O–H groups in total. The van der Waals surface area contributed by atoms with Gasteiger partial charge in [-0.2, -0.15) is 0 Å². The minimum atomic E-state index is -0.520. The van der Waals surface area contributed by atoms with Gasteiger partial charge in [-0.15, -0.1) is 0 Å². The SMILES string of the molecule is O=C(COc1ccc(Br)cc1Br)Oc1ccccc1Cl. The molecule has 0 saturated carbocycles. The first-order valence-corrected chi connectivity index (χ1v) is 7.56. The lowest BCUT2D eigenvalue weighted by Crippen LogP contribution is -2.18. The molecule has 0 atom stereocenters. The van der Waals surface area contributed by atoms with Crippen molar-refractivity contribution in [1.29, 1.82) is 0 Å². The van der Waals surface area contributed by atoms with Crippen LogP contribution in [-0.2, 0) is 4.79 Å². The predicted molar refractivity (Wildman–Crippen MR) is 84.4 cm³/mol. The van der Waals surface area contributed by atoms with Gasteiger partial charge in [-0.1, -0.05) is 39.7 Å². The van der Waals surface area contributed by atoms with Crippen molar-refractivity contribution < 1.29 is 14.3 Å². The number of hydrogen-bond donors (Lipinski definition) is 0. The monoisotopic (exact) mass is 418 g/mol. The van der Waals surface area contributed by atoms with Crippen LogP contribution in [0.15, 0.2) is 51.4 Å². The first-order valence-electron chi connectivity index (χ1n) is 5.59. The van der Waals surface area contributed by atoms with Crippen LogP contribution in [0.5, 0.6) is 11.5 Å². The zero-order chi connectivity index (χ0) is 14.5. The van der Waals surface area contributed by atoms with Crippen LogP contribution in [-0.4, -0.2) is 12.6 Å². The van der Waals surface area contributed by atoms with Gasteiger partial charge in [0.05, 0.1) is 9.50 Å². The number of esters is 1. The zero-order valence-electron chi connectivity index (χ0n) is 10.1. The number of carbonyl (C=O) groups excluding carboxylic acids is 1. The molecule has 0 unspecified atom stereocenters. The van der Waals surface area contributed by atoms with Crippen molar-refractivity contribution in [2.75, 3.05) is 6.61 Å². The molecule has 0 fully saturated rings. The average Bonchev–Trinajstić information content (AvgIpc) is 2.40. The summed E-state index contributed by atoms with van der Waals surface area (Å²) in [5.41, 5.74) is 0. The lowest BCUT2D eigenvalue weighted by Gasteiger charge is -2.09. The molecule has 0 amide bonds. The number of carbonyl (C=O) groups is 1. The molecule has 0 bridgehead atoms. The second-order valence-corrected chi connectivity index (χ2v) is 5.95. The Bertz CT molecular complexity index is 632. The molecule has 2 aromatic rings. The summed E-state index contributed by atoms with van der Waals surface area (Å²) in [6.07, 6.45) is 0. The third kappa shape index (κ3) is 4.23. The van der Waals surface area contributed by atoms with E-state index in [2.05, 4.69) is 31.9 Å². The van der Waals surface area contributed by atoms with E-state index in [9.17, 15) is 4.79 Å². The third-order valence-corrected chi connectivity index (χ3v) is 3.73. The van der Waals surface area contributed by atoms with Gasteiger partial charge in [-0.25, -0.2) is 4.79 Å². The Balaban J connectivity index is 1.94. The van der Waals surface area contributed by atoms with Crippen molar-refractivity contribution in [2.24, 2.45) is 0 Å². The van der Waals surface area contributed by atoms with Crippen molar-refractivity contribution in [1.82, 2.24) is 0 Å². The highest BCUT2D eigenvalue weighted by Gasteiger charge is 2.10. The first kappa shape index (κ1) is 15.4. The molecule has 104 valence electrons. The minimum Gasteiger partial charge on any atom is -0.481 e. The van der Waals surface area contributed by atoms with E-state index in [1.807, 2.05) is 12.1 Å². The third-order valence-electron chi connectivity index (χ3n) is 2.30. The Morgan fingerprint density at radius 1 is 1.10 bits per heavy atom. The van der Waals surface area contributed by atoms with E-state index in [-0.39, 0.29) is 6.61 Å². The van der Waals surface area contributed by atoms with Gasteiger partial charge < -0.3 is 9.47 Å². The molecule has 2 aromatic carbocycles. The van der Waals surface area contributed by atoms with Gasteiger partial charge in [0.1, 0.15) is 11.5 Å². The Kier molecular flexibility index (Phi) is 5.46. The average molecular weight is 420 g/mol. The van der Waals surface area contributed by atoms with Crippen LogP contribution in [0, 0.1) is 0 Å². The van der Waals surface area contributed by atoms with Crippen LogP contribution in [0.4, 0.5) is 0 Å². The Morgan fingerprint density at radius 3 is 2.55 bits per heavy atom. The summed E-state index contributed by atoms with van der Waals surface area (Å²) in [6.45, 7) is -0.203. The predicted octanol–water partition coefficient (Wildman–Crippen LogP) is 4.85. The lowest BCUT2D eigenvalue weighted by atomic mass is 10.3. The molecule has 2 rings (SSSR count). The van der Waals surface area contributed by atoms with E-state index < -0.39 is 5.97 Å². The fourth-order valence-electron chi connectivity index (χ4n) is 1.41. The smallest absolute Gasteiger partial charge is 0.349 e. The Morgan fingerprint density at radius 2 is 1.85 bits per heavy atom. The summed E-state index contributed by atoms with van der Waals surface area (Å²) in [5, 5.41) is 0.380. The van der Waals surface area contributed by atoms with E-state index in [0.717, 1.165) is 8.95 Å².